The van der Waals surface area contributed by atoms with E-state index in [1.54, 1.807) is 0 Å². The third-order valence-corrected chi connectivity index (χ3v) is 3.72. The fourth-order valence-corrected chi connectivity index (χ4v) is 2.56. The summed E-state index contributed by atoms with van der Waals surface area (Å²) in [7, 11) is 0. The Bertz CT molecular complexity index is 407. The van der Waals surface area contributed by atoms with Gasteiger partial charge in [0.2, 0.25) is 0 Å². The van der Waals surface area contributed by atoms with Crippen molar-refractivity contribution in [2.45, 2.75) is 37.9 Å². The van der Waals surface area contributed by atoms with E-state index in [0.717, 1.165) is 11.5 Å². The van der Waals surface area contributed by atoms with Crippen LogP contribution in [0.15, 0.2) is 6.20 Å². The number of hydrogen-bond acceptors (Lipinski definition) is 4. The van der Waals surface area contributed by atoms with Gasteiger partial charge in [-0.2, -0.15) is 13.2 Å². The van der Waals surface area contributed by atoms with Crippen LogP contribution in [0.4, 0.5) is 13.2 Å². The van der Waals surface area contributed by atoms with Crippen LogP contribution in [-0.4, -0.2) is 27.7 Å². The molecule has 0 spiro atoms. The largest absolute Gasteiger partial charge is 0.391 e. The van der Waals surface area contributed by atoms with Gasteiger partial charge in [0, 0.05) is 6.04 Å². The van der Waals surface area contributed by atoms with Gasteiger partial charge < -0.3 is 5.32 Å². The average molecular weight is 279 g/mol. The van der Waals surface area contributed by atoms with Crippen LogP contribution in [0.3, 0.4) is 0 Å². The van der Waals surface area contributed by atoms with E-state index in [0.29, 0.717) is 17.7 Å². The minimum Gasteiger partial charge on any atom is -0.348 e. The summed E-state index contributed by atoms with van der Waals surface area (Å²) in [6.45, 7) is 0. The van der Waals surface area contributed by atoms with Gasteiger partial charge in [0.05, 0.1) is 12.1 Å². The number of aromatic nitrogens is 2. The van der Waals surface area contributed by atoms with E-state index in [-0.39, 0.29) is 12.8 Å². The number of carbonyl (C=O) groups is 1. The second kappa shape index (κ2) is 5.21. The Hall–Kier alpha value is -1.18. The molecule has 0 aromatic carbocycles. The Morgan fingerprint density at radius 2 is 2.22 bits per heavy atom. The van der Waals surface area contributed by atoms with Crippen molar-refractivity contribution in [3.63, 3.8) is 0 Å². The van der Waals surface area contributed by atoms with Gasteiger partial charge in [-0.25, -0.2) is 0 Å². The highest BCUT2D eigenvalue weighted by molar-refractivity contribution is 7.07. The Morgan fingerprint density at radius 3 is 2.83 bits per heavy atom. The van der Waals surface area contributed by atoms with Crippen LogP contribution in [0.1, 0.15) is 35.4 Å². The summed E-state index contributed by atoms with van der Waals surface area (Å²) in [4.78, 5) is 12.0. The lowest BCUT2D eigenvalue weighted by Crippen LogP contribution is -2.41. The average Bonchev–Trinajstić information content (AvgIpc) is 2.81. The van der Waals surface area contributed by atoms with Crippen molar-refractivity contribution in [1.29, 1.82) is 0 Å². The predicted molar refractivity (Wildman–Crippen MR) is 59.2 cm³/mol. The van der Waals surface area contributed by atoms with Crippen molar-refractivity contribution in [1.82, 2.24) is 14.9 Å². The van der Waals surface area contributed by atoms with Crippen LogP contribution >= 0.6 is 11.5 Å². The zero-order chi connectivity index (χ0) is 13.2. The second-order valence-corrected chi connectivity index (χ2v) is 5.14. The minimum atomic E-state index is -4.17. The molecule has 1 heterocycles. The van der Waals surface area contributed by atoms with Gasteiger partial charge in [-0.1, -0.05) is 10.9 Å². The molecular formula is C10H12F3N3OS. The molecule has 2 atom stereocenters. The molecule has 1 aromatic heterocycles. The summed E-state index contributed by atoms with van der Waals surface area (Å²) < 4.78 is 41.3. The maximum atomic E-state index is 12.6. The molecule has 0 aliphatic heterocycles. The van der Waals surface area contributed by atoms with Crippen LogP contribution < -0.4 is 5.32 Å². The number of hydrogen-bond donors (Lipinski definition) is 1. The highest BCUT2D eigenvalue weighted by atomic mass is 32.1. The number of carbonyl (C=O) groups excluding carboxylic acids is 1. The number of rotatable bonds is 2. The van der Waals surface area contributed by atoms with Crippen LogP contribution in [0, 0.1) is 5.92 Å². The Labute approximate surface area is 106 Å². The molecule has 0 bridgehead atoms. The van der Waals surface area contributed by atoms with E-state index < -0.39 is 24.0 Å². The highest BCUT2D eigenvalue weighted by Gasteiger charge is 2.42. The van der Waals surface area contributed by atoms with Crippen LogP contribution in [0.25, 0.3) is 0 Å². The quantitative estimate of drug-likeness (QED) is 0.904. The molecule has 1 aliphatic carbocycles. The summed E-state index contributed by atoms with van der Waals surface area (Å²) >= 11 is 0.931. The number of alkyl halides is 3. The van der Waals surface area contributed by atoms with Crippen LogP contribution in [0.2, 0.25) is 0 Å². The molecule has 1 aliphatic rings. The zero-order valence-corrected chi connectivity index (χ0v) is 10.2. The molecule has 1 saturated carbocycles. The Kier molecular flexibility index (Phi) is 3.84. The summed E-state index contributed by atoms with van der Waals surface area (Å²) in [6.07, 6.45) is -1.68. The molecule has 100 valence electrons. The molecule has 2 rings (SSSR count). The molecule has 1 N–H and O–H groups in total. The van der Waals surface area contributed by atoms with E-state index in [1.165, 1.54) is 6.20 Å². The van der Waals surface area contributed by atoms with Gasteiger partial charge in [-0.3, -0.25) is 4.79 Å². The summed E-state index contributed by atoms with van der Waals surface area (Å²) in [6, 6.07) is -0.417. The monoisotopic (exact) mass is 279 g/mol. The second-order valence-electron chi connectivity index (χ2n) is 4.36. The van der Waals surface area contributed by atoms with Crippen molar-refractivity contribution in [2.24, 2.45) is 5.92 Å². The molecule has 0 saturated heterocycles. The molecular weight excluding hydrogens is 267 g/mol. The lowest BCUT2D eigenvalue weighted by atomic mass is 9.85. The molecule has 1 fully saturated rings. The third-order valence-electron chi connectivity index (χ3n) is 3.06. The van der Waals surface area contributed by atoms with Gasteiger partial charge in [-0.15, -0.1) is 5.10 Å². The lowest BCUT2D eigenvalue weighted by molar-refractivity contribution is -0.183. The van der Waals surface area contributed by atoms with Gasteiger partial charge in [0.15, 0.2) is 0 Å². The molecule has 0 radical (unpaired) electrons. The normalized spacial score (nSPS) is 24.8. The summed E-state index contributed by atoms with van der Waals surface area (Å²) in [5.74, 6) is -1.70. The Balaban J connectivity index is 1.92. The smallest absolute Gasteiger partial charge is 0.348 e. The lowest BCUT2D eigenvalue weighted by Gasteiger charge is -2.30. The van der Waals surface area contributed by atoms with Crippen molar-refractivity contribution in [3.8, 4) is 0 Å². The fraction of sp³-hybridized carbons (Fsp3) is 0.700. The maximum absolute atomic E-state index is 12.6. The SMILES string of the molecule is O=C(NC1CCCC(C(F)(F)F)C1)c1cnns1. The summed E-state index contributed by atoms with van der Waals surface area (Å²) in [5, 5.41) is 6.13. The molecule has 18 heavy (non-hydrogen) atoms. The fourth-order valence-electron chi connectivity index (χ4n) is 2.14. The number of nitrogens with zero attached hydrogens (tertiary/aromatic N) is 2. The van der Waals surface area contributed by atoms with Gasteiger partial charge >= 0.3 is 6.18 Å². The highest BCUT2D eigenvalue weighted by Crippen LogP contribution is 2.37. The first kappa shape index (κ1) is 13.3. The van der Waals surface area contributed by atoms with E-state index >= 15 is 0 Å². The molecule has 1 aromatic rings. The van der Waals surface area contributed by atoms with Gasteiger partial charge in [0.1, 0.15) is 4.88 Å². The first-order valence-corrected chi connectivity index (χ1v) is 6.39. The van der Waals surface area contributed by atoms with Crippen molar-refractivity contribution in [2.75, 3.05) is 0 Å². The van der Waals surface area contributed by atoms with Gasteiger partial charge in [0.25, 0.3) is 5.91 Å². The summed E-state index contributed by atoms with van der Waals surface area (Å²) in [5.41, 5.74) is 0. The molecule has 8 heteroatoms. The Morgan fingerprint density at radius 1 is 1.44 bits per heavy atom. The number of nitrogens with one attached hydrogen (secondary N) is 1. The maximum Gasteiger partial charge on any atom is 0.391 e. The molecule has 4 nitrogen and oxygen atoms in total. The van der Waals surface area contributed by atoms with E-state index in [9.17, 15) is 18.0 Å². The van der Waals surface area contributed by atoms with Crippen molar-refractivity contribution in [3.05, 3.63) is 11.1 Å². The van der Waals surface area contributed by atoms with Crippen LogP contribution in [-0.2, 0) is 0 Å². The van der Waals surface area contributed by atoms with Gasteiger partial charge in [-0.05, 0) is 30.8 Å². The minimum absolute atomic E-state index is 0.0402. The molecule has 1 amide bonds. The van der Waals surface area contributed by atoms with E-state index in [4.69, 9.17) is 0 Å². The number of halogens is 3. The molecule has 2 unspecified atom stereocenters. The standard InChI is InChI=1S/C10H12F3N3OS/c11-10(12,13)6-2-1-3-7(4-6)15-9(17)8-5-14-16-18-8/h5-7H,1-4H2,(H,15,17). The van der Waals surface area contributed by atoms with E-state index in [2.05, 4.69) is 14.9 Å². The first-order valence-electron chi connectivity index (χ1n) is 5.61. The predicted octanol–water partition coefficient (Wildman–Crippen LogP) is 2.39. The zero-order valence-electron chi connectivity index (χ0n) is 9.41. The van der Waals surface area contributed by atoms with E-state index in [1.807, 2.05) is 0 Å². The topological polar surface area (TPSA) is 54.9 Å². The first-order chi connectivity index (χ1) is 8.47. The third kappa shape index (κ3) is 3.18. The van der Waals surface area contributed by atoms with Crippen molar-refractivity contribution >= 4 is 17.4 Å². The number of amides is 1. The van der Waals surface area contributed by atoms with Crippen LogP contribution in [0.5, 0.6) is 0 Å². The van der Waals surface area contributed by atoms with Crippen molar-refractivity contribution < 1.29 is 18.0 Å².